The first-order valence-corrected chi connectivity index (χ1v) is 8.05. The van der Waals surface area contributed by atoms with E-state index in [0.29, 0.717) is 27.9 Å². The van der Waals surface area contributed by atoms with Gasteiger partial charge >= 0.3 is 0 Å². The molecule has 130 valence electrons. The third-order valence-corrected chi connectivity index (χ3v) is 4.16. The summed E-state index contributed by atoms with van der Waals surface area (Å²) in [5, 5.41) is 3.14. The lowest BCUT2D eigenvalue weighted by Gasteiger charge is -2.33. The van der Waals surface area contributed by atoms with E-state index in [2.05, 4.69) is 5.32 Å². The van der Waals surface area contributed by atoms with Crippen molar-refractivity contribution in [3.05, 3.63) is 47.5 Å². The van der Waals surface area contributed by atoms with Crippen LogP contribution in [0.15, 0.2) is 42.5 Å². The van der Waals surface area contributed by atoms with E-state index in [1.165, 1.54) is 18.9 Å². The number of ether oxygens (including phenoxy) is 2. The number of halogens is 1. The van der Waals surface area contributed by atoms with Crippen LogP contribution in [0.1, 0.15) is 6.92 Å². The van der Waals surface area contributed by atoms with Crippen molar-refractivity contribution >= 4 is 34.8 Å². The van der Waals surface area contributed by atoms with Crippen molar-refractivity contribution in [3.8, 4) is 11.5 Å². The number of hydrogen-bond donors (Lipinski definition) is 1. The van der Waals surface area contributed by atoms with Gasteiger partial charge in [0, 0.05) is 12.6 Å². The molecule has 3 rings (SSSR count). The molecule has 0 saturated heterocycles. The molecule has 0 saturated carbocycles. The van der Waals surface area contributed by atoms with Crippen LogP contribution < -0.4 is 19.7 Å². The molecule has 2 aromatic carbocycles. The van der Waals surface area contributed by atoms with Crippen molar-refractivity contribution in [1.29, 1.82) is 0 Å². The average Bonchev–Trinajstić information content (AvgIpc) is 2.60. The number of methoxy groups -OCH3 is 1. The first-order valence-electron chi connectivity index (χ1n) is 7.68. The maximum atomic E-state index is 12.6. The minimum Gasteiger partial charge on any atom is -0.495 e. The van der Waals surface area contributed by atoms with E-state index in [9.17, 15) is 9.59 Å². The molecule has 6 nitrogen and oxygen atoms in total. The molecule has 7 heteroatoms. The fraction of sp³-hybridized carbons (Fsp3) is 0.222. The number of para-hydroxylation sites is 2. The largest absolute Gasteiger partial charge is 0.495 e. The summed E-state index contributed by atoms with van der Waals surface area (Å²) in [7, 11) is 1.52. The predicted octanol–water partition coefficient (Wildman–Crippen LogP) is 3.10. The van der Waals surface area contributed by atoms with Crippen molar-refractivity contribution in [2.75, 3.05) is 23.9 Å². The topological polar surface area (TPSA) is 67.9 Å². The second-order valence-corrected chi connectivity index (χ2v) is 5.95. The first kappa shape index (κ1) is 17.1. The molecule has 0 aromatic heterocycles. The molecule has 1 aliphatic heterocycles. The van der Waals surface area contributed by atoms with E-state index in [0.717, 1.165) is 0 Å². The van der Waals surface area contributed by atoms with Crippen LogP contribution in [0.3, 0.4) is 0 Å². The van der Waals surface area contributed by atoms with Crippen molar-refractivity contribution in [2.24, 2.45) is 0 Å². The van der Waals surface area contributed by atoms with Crippen LogP contribution in [0.5, 0.6) is 11.5 Å². The van der Waals surface area contributed by atoms with Crippen molar-refractivity contribution in [3.63, 3.8) is 0 Å². The number of rotatable bonds is 3. The Balaban J connectivity index is 1.79. The number of carbonyl (C=O) groups is 2. The Bertz CT molecular complexity index is 824. The molecule has 2 aromatic rings. The summed E-state index contributed by atoms with van der Waals surface area (Å²) in [4.78, 5) is 26.0. The maximum Gasteiger partial charge on any atom is 0.267 e. The lowest BCUT2D eigenvalue weighted by Crippen LogP contribution is -2.48. The van der Waals surface area contributed by atoms with Crippen molar-refractivity contribution < 1.29 is 19.1 Å². The van der Waals surface area contributed by atoms with Gasteiger partial charge in [0.25, 0.3) is 5.91 Å². The van der Waals surface area contributed by atoms with E-state index >= 15 is 0 Å². The lowest BCUT2D eigenvalue weighted by molar-refractivity contribution is -0.123. The van der Waals surface area contributed by atoms with Crippen LogP contribution in [0.25, 0.3) is 0 Å². The molecular weight excluding hydrogens is 344 g/mol. The van der Waals surface area contributed by atoms with Crippen LogP contribution in [0.4, 0.5) is 11.4 Å². The standard InChI is InChI=1S/C18H17ClN2O4/c1-11(22)21-10-17(25-16-6-4-3-5-14(16)21)18(23)20-12-7-8-15(24-2)13(19)9-12/h3-9,17H,10H2,1-2H3,(H,20,23)/t17-/m0/s1. The van der Waals surface area contributed by atoms with Crippen LogP contribution >= 0.6 is 11.6 Å². The van der Waals surface area contributed by atoms with Crippen molar-refractivity contribution in [2.45, 2.75) is 13.0 Å². The van der Waals surface area contributed by atoms with Gasteiger partial charge in [-0.25, -0.2) is 0 Å². The normalized spacial score (nSPS) is 15.8. The van der Waals surface area contributed by atoms with Gasteiger partial charge in [-0.1, -0.05) is 23.7 Å². The Morgan fingerprint density at radius 3 is 2.72 bits per heavy atom. The van der Waals surface area contributed by atoms with Gasteiger partial charge in [-0.05, 0) is 30.3 Å². The molecular formula is C18H17ClN2O4. The molecule has 1 N–H and O–H groups in total. The number of carbonyl (C=O) groups excluding carboxylic acids is 2. The third-order valence-electron chi connectivity index (χ3n) is 3.87. The van der Waals surface area contributed by atoms with Crippen LogP contribution in [0, 0.1) is 0 Å². The molecule has 1 atom stereocenters. The van der Waals surface area contributed by atoms with E-state index in [1.54, 1.807) is 36.4 Å². The summed E-state index contributed by atoms with van der Waals surface area (Å²) < 4.78 is 10.8. The minimum absolute atomic E-state index is 0.141. The Hall–Kier alpha value is -2.73. The number of fused-ring (bicyclic) bond motifs is 1. The SMILES string of the molecule is COc1ccc(NC(=O)[C@@H]2CN(C(C)=O)c3ccccc3O2)cc1Cl. The maximum absolute atomic E-state index is 12.6. The van der Waals surface area contributed by atoms with Gasteiger partial charge in [0.1, 0.15) is 11.5 Å². The van der Waals surface area contributed by atoms with Crippen LogP contribution in [0.2, 0.25) is 5.02 Å². The Labute approximate surface area is 150 Å². The van der Waals surface area contributed by atoms with Crippen LogP contribution in [-0.2, 0) is 9.59 Å². The summed E-state index contributed by atoms with van der Waals surface area (Å²) in [6.07, 6.45) is -0.820. The molecule has 0 spiro atoms. The van der Waals surface area contributed by atoms with E-state index in [4.69, 9.17) is 21.1 Å². The Morgan fingerprint density at radius 2 is 2.04 bits per heavy atom. The first-order chi connectivity index (χ1) is 12.0. The van der Waals surface area contributed by atoms with Crippen molar-refractivity contribution in [1.82, 2.24) is 0 Å². The fourth-order valence-electron chi connectivity index (χ4n) is 2.64. The van der Waals surface area contributed by atoms with Gasteiger partial charge in [-0.15, -0.1) is 0 Å². The highest BCUT2D eigenvalue weighted by Gasteiger charge is 2.32. The number of nitrogens with one attached hydrogen (secondary N) is 1. The third kappa shape index (κ3) is 3.53. The predicted molar refractivity (Wildman–Crippen MR) is 95.5 cm³/mol. The molecule has 0 aliphatic carbocycles. The fourth-order valence-corrected chi connectivity index (χ4v) is 2.89. The van der Waals surface area contributed by atoms with Gasteiger partial charge in [-0.3, -0.25) is 9.59 Å². The Morgan fingerprint density at radius 1 is 1.28 bits per heavy atom. The summed E-state index contributed by atoms with van der Waals surface area (Å²) in [6.45, 7) is 1.60. The highest BCUT2D eigenvalue weighted by molar-refractivity contribution is 6.32. The molecule has 2 amide bonds. The second kappa shape index (κ2) is 7.03. The zero-order valence-corrected chi connectivity index (χ0v) is 14.5. The quantitative estimate of drug-likeness (QED) is 0.913. The highest BCUT2D eigenvalue weighted by Crippen LogP contribution is 2.33. The summed E-state index contributed by atoms with van der Waals surface area (Å²) in [5.74, 6) is 0.505. The van der Waals surface area contributed by atoms with Gasteiger partial charge in [-0.2, -0.15) is 0 Å². The zero-order chi connectivity index (χ0) is 18.0. The van der Waals surface area contributed by atoms with E-state index in [1.807, 2.05) is 6.07 Å². The summed E-state index contributed by atoms with van der Waals surface area (Å²) in [5.41, 5.74) is 1.18. The smallest absolute Gasteiger partial charge is 0.267 e. The van der Waals surface area contributed by atoms with E-state index < -0.39 is 6.10 Å². The molecule has 25 heavy (non-hydrogen) atoms. The molecule has 0 bridgehead atoms. The highest BCUT2D eigenvalue weighted by atomic mass is 35.5. The number of nitrogens with zero attached hydrogens (tertiary/aromatic N) is 1. The van der Waals surface area contributed by atoms with Gasteiger partial charge in [0.05, 0.1) is 24.4 Å². The summed E-state index contributed by atoms with van der Waals surface area (Å²) >= 11 is 6.07. The second-order valence-electron chi connectivity index (χ2n) is 5.54. The lowest BCUT2D eigenvalue weighted by atomic mass is 10.1. The van der Waals surface area contributed by atoms with Gasteiger partial charge < -0.3 is 19.7 Å². The molecule has 1 aliphatic rings. The molecule has 1 heterocycles. The van der Waals surface area contributed by atoms with Gasteiger partial charge in [0.15, 0.2) is 6.10 Å². The monoisotopic (exact) mass is 360 g/mol. The molecule has 0 fully saturated rings. The molecule has 0 radical (unpaired) electrons. The molecule has 0 unspecified atom stereocenters. The number of benzene rings is 2. The Kier molecular flexibility index (Phi) is 4.81. The summed E-state index contributed by atoms with van der Waals surface area (Å²) in [6, 6.07) is 12.1. The minimum atomic E-state index is -0.820. The van der Waals surface area contributed by atoms with E-state index in [-0.39, 0.29) is 18.4 Å². The number of anilines is 2. The number of amides is 2. The average molecular weight is 361 g/mol. The van der Waals surface area contributed by atoms with Gasteiger partial charge in [0.2, 0.25) is 5.91 Å². The zero-order valence-electron chi connectivity index (χ0n) is 13.8. The van der Waals surface area contributed by atoms with Crippen LogP contribution in [-0.4, -0.2) is 31.6 Å². The number of hydrogen-bond acceptors (Lipinski definition) is 4.